The van der Waals surface area contributed by atoms with Crippen LogP contribution in [0.5, 0.6) is 0 Å². The van der Waals surface area contributed by atoms with Crippen molar-refractivity contribution in [2.24, 2.45) is 0 Å². The fourth-order valence-corrected chi connectivity index (χ4v) is 4.29. The summed E-state index contributed by atoms with van der Waals surface area (Å²) in [5.74, 6) is 0. The Balaban J connectivity index is 3.10. The maximum atomic E-state index is 12.8. The molecule has 0 heterocycles. The van der Waals surface area contributed by atoms with E-state index in [1.165, 1.54) is 0 Å². The van der Waals surface area contributed by atoms with Gasteiger partial charge in [-0.25, -0.2) is 8.42 Å². The molecule has 0 atom stereocenters. The lowest BCUT2D eigenvalue weighted by Gasteiger charge is -2.23. The fraction of sp³-hybridized carbons (Fsp3) is 0.600. The largest absolute Gasteiger partial charge is 0.243 e. The summed E-state index contributed by atoms with van der Waals surface area (Å²) in [5, 5.41) is 0. The third-order valence-electron chi connectivity index (χ3n) is 3.29. The van der Waals surface area contributed by atoms with E-state index in [4.69, 9.17) is 0 Å². The zero-order chi connectivity index (χ0) is 15.2. The number of hydrogen-bond donors (Lipinski definition) is 0. The van der Waals surface area contributed by atoms with Crippen LogP contribution < -0.4 is 0 Å². The molecule has 0 saturated heterocycles. The van der Waals surface area contributed by atoms with E-state index in [1.54, 1.807) is 10.4 Å². The van der Waals surface area contributed by atoms with Gasteiger partial charge in [0.25, 0.3) is 0 Å². The smallest absolute Gasteiger partial charge is 0.207 e. The van der Waals surface area contributed by atoms with Crippen molar-refractivity contribution in [3.05, 3.63) is 28.2 Å². The Morgan fingerprint density at radius 2 is 1.65 bits per heavy atom. The van der Waals surface area contributed by atoms with Gasteiger partial charge in [0.1, 0.15) is 0 Å². The lowest BCUT2D eigenvalue weighted by molar-refractivity contribution is 0.395. The summed E-state index contributed by atoms with van der Waals surface area (Å²) >= 11 is 3.36. The second-order valence-electron chi connectivity index (χ2n) is 5.02. The van der Waals surface area contributed by atoms with Crippen LogP contribution in [0.25, 0.3) is 0 Å². The molecule has 1 rings (SSSR count). The van der Waals surface area contributed by atoms with E-state index in [0.717, 1.165) is 35.7 Å². The number of aryl methyl sites for hydroxylation is 1. The number of unbranched alkanes of at least 4 members (excludes halogenated alkanes) is 2. The van der Waals surface area contributed by atoms with Gasteiger partial charge in [-0.1, -0.05) is 48.7 Å². The highest BCUT2D eigenvalue weighted by Gasteiger charge is 2.25. The Kier molecular flexibility index (Phi) is 7.20. The predicted octanol–water partition coefficient (Wildman–Crippen LogP) is 4.35. The number of benzene rings is 1. The monoisotopic (exact) mass is 361 g/mol. The van der Waals surface area contributed by atoms with E-state index in [2.05, 4.69) is 29.8 Å². The molecule has 0 saturated carbocycles. The van der Waals surface area contributed by atoms with Crippen LogP contribution in [0.1, 0.15) is 45.1 Å². The van der Waals surface area contributed by atoms with Crippen LogP contribution >= 0.6 is 15.9 Å². The first kappa shape index (κ1) is 17.7. The zero-order valence-corrected chi connectivity index (χ0v) is 14.9. The van der Waals surface area contributed by atoms with Gasteiger partial charge in [-0.15, -0.1) is 0 Å². The Labute approximate surface area is 131 Å². The Hall–Kier alpha value is -0.390. The standard InChI is InChI=1S/C15H24BrNO2S/c1-4-6-10-17(11-7-5-2)20(18,19)15-12-14(16)9-8-13(15)3/h8-9,12H,4-7,10-11H2,1-3H3. The van der Waals surface area contributed by atoms with Gasteiger partial charge in [-0.2, -0.15) is 4.31 Å². The normalized spacial score (nSPS) is 12.1. The topological polar surface area (TPSA) is 37.4 Å². The van der Waals surface area contributed by atoms with Crippen LogP contribution in [0.15, 0.2) is 27.6 Å². The fourth-order valence-electron chi connectivity index (χ4n) is 2.01. The molecule has 0 fully saturated rings. The summed E-state index contributed by atoms with van der Waals surface area (Å²) in [5.41, 5.74) is 0.797. The highest BCUT2D eigenvalue weighted by Crippen LogP contribution is 2.24. The summed E-state index contributed by atoms with van der Waals surface area (Å²) < 4.78 is 28.1. The van der Waals surface area contributed by atoms with Gasteiger partial charge in [0.15, 0.2) is 0 Å². The third kappa shape index (κ3) is 4.57. The second kappa shape index (κ2) is 8.15. The van der Waals surface area contributed by atoms with Gasteiger partial charge < -0.3 is 0 Å². The summed E-state index contributed by atoms with van der Waals surface area (Å²) in [6.45, 7) is 7.21. The minimum absolute atomic E-state index is 0.416. The molecule has 0 spiro atoms. The molecule has 3 nitrogen and oxygen atoms in total. The number of sulfonamides is 1. The molecule has 1 aromatic rings. The SMILES string of the molecule is CCCCN(CCCC)S(=O)(=O)c1cc(Br)ccc1C. The molecule has 0 aromatic heterocycles. The second-order valence-corrected chi connectivity index (χ2v) is 7.84. The first-order chi connectivity index (χ1) is 9.43. The van der Waals surface area contributed by atoms with Crippen molar-refractivity contribution in [2.45, 2.75) is 51.3 Å². The molecule has 0 radical (unpaired) electrons. The number of rotatable bonds is 8. The van der Waals surface area contributed by atoms with E-state index < -0.39 is 10.0 Å². The summed E-state index contributed by atoms with van der Waals surface area (Å²) in [6, 6.07) is 5.42. The van der Waals surface area contributed by atoms with Gasteiger partial charge >= 0.3 is 0 Å². The highest BCUT2D eigenvalue weighted by atomic mass is 79.9. The van der Waals surface area contributed by atoms with E-state index in [1.807, 2.05) is 19.1 Å². The summed E-state index contributed by atoms with van der Waals surface area (Å²) in [6.07, 6.45) is 3.79. The zero-order valence-electron chi connectivity index (χ0n) is 12.5. The van der Waals surface area contributed by atoms with E-state index >= 15 is 0 Å². The van der Waals surface area contributed by atoms with Crippen LogP contribution in [0, 0.1) is 6.92 Å². The maximum absolute atomic E-state index is 12.8. The maximum Gasteiger partial charge on any atom is 0.243 e. The molecule has 0 aliphatic heterocycles. The van der Waals surface area contributed by atoms with E-state index in [0.29, 0.717) is 18.0 Å². The molecule has 0 bridgehead atoms. The van der Waals surface area contributed by atoms with Gasteiger partial charge in [-0.3, -0.25) is 0 Å². The van der Waals surface area contributed by atoms with Crippen molar-refractivity contribution in [3.63, 3.8) is 0 Å². The molecule has 1 aromatic carbocycles. The minimum atomic E-state index is -3.40. The van der Waals surface area contributed by atoms with E-state index in [-0.39, 0.29) is 0 Å². The molecule has 20 heavy (non-hydrogen) atoms. The number of hydrogen-bond acceptors (Lipinski definition) is 2. The molecule has 0 aliphatic carbocycles. The molecule has 0 N–H and O–H groups in total. The average molecular weight is 362 g/mol. The first-order valence-electron chi connectivity index (χ1n) is 7.19. The lowest BCUT2D eigenvalue weighted by atomic mass is 10.2. The van der Waals surface area contributed by atoms with Crippen molar-refractivity contribution in [1.29, 1.82) is 0 Å². The van der Waals surface area contributed by atoms with Crippen molar-refractivity contribution < 1.29 is 8.42 Å². The van der Waals surface area contributed by atoms with Crippen LogP contribution in [-0.2, 0) is 10.0 Å². The van der Waals surface area contributed by atoms with Crippen LogP contribution in [0.4, 0.5) is 0 Å². The van der Waals surface area contributed by atoms with Crippen molar-refractivity contribution >= 4 is 26.0 Å². The Morgan fingerprint density at radius 1 is 1.10 bits per heavy atom. The van der Waals surface area contributed by atoms with Crippen LogP contribution in [0.3, 0.4) is 0 Å². The molecule has 5 heteroatoms. The highest BCUT2D eigenvalue weighted by molar-refractivity contribution is 9.10. The molecule has 0 unspecified atom stereocenters. The molecule has 0 amide bonds. The Bertz CT molecular complexity index is 521. The summed E-state index contributed by atoms with van der Waals surface area (Å²) in [4.78, 5) is 0.416. The molecule has 114 valence electrons. The molecular formula is C15H24BrNO2S. The van der Waals surface area contributed by atoms with E-state index in [9.17, 15) is 8.42 Å². The third-order valence-corrected chi connectivity index (χ3v) is 5.82. The first-order valence-corrected chi connectivity index (χ1v) is 9.43. The van der Waals surface area contributed by atoms with Crippen LogP contribution in [0.2, 0.25) is 0 Å². The van der Waals surface area contributed by atoms with Gasteiger partial charge in [0.2, 0.25) is 10.0 Å². The number of nitrogens with zero attached hydrogens (tertiary/aromatic N) is 1. The van der Waals surface area contributed by atoms with Gasteiger partial charge in [-0.05, 0) is 37.5 Å². The van der Waals surface area contributed by atoms with Crippen LogP contribution in [-0.4, -0.2) is 25.8 Å². The average Bonchev–Trinajstić information content (AvgIpc) is 2.41. The van der Waals surface area contributed by atoms with Crippen molar-refractivity contribution in [1.82, 2.24) is 4.31 Å². The molecular weight excluding hydrogens is 338 g/mol. The van der Waals surface area contributed by atoms with Gasteiger partial charge in [0, 0.05) is 17.6 Å². The summed E-state index contributed by atoms with van der Waals surface area (Å²) in [7, 11) is -3.40. The molecule has 0 aliphatic rings. The quantitative estimate of drug-likeness (QED) is 0.690. The van der Waals surface area contributed by atoms with Gasteiger partial charge in [0.05, 0.1) is 4.90 Å². The Morgan fingerprint density at radius 3 is 2.15 bits per heavy atom. The lowest BCUT2D eigenvalue weighted by Crippen LogP contribution is -2.33. The predicted molar refractivity (Wildman–Crippen MR) is 87.5 cm³/mol. The van der Waals surface area contributed by atoms with Crippen molar-refractivity contribution in [3.8, 4) is 0 Å². The van der Waals surface area contributed by atoms with Crippen molar-refractivity contribution in [2.75, 3.05) is 13.1 Å². The minimum Gasteiger partial charge on any atom is -0.207 e. The number of halogens is 1.